The van der Waals surface area contributed by atoms with Crippen LogP contribution in [0.3, 0.4) is 0 Å². The number of carbonyl (C=O) groups is 1. The monoisotopic (exact) mass is 286 g/mol. The Morgan fingerprint density at radius 3 is 2.25 bits per heavy atom. The van der Waals surface area contributed by atoms with E-state index in [1.807, 2.05) is 13.8 Å². The van der Waals surface area contributed by atoms with E-state index >= 15 is 0 Å². The van der Waals surface area contributed by atoms with E-state index in [2.05, 4.69) is 10.2 Å². The molecule has 0 atom stereocenters. The van der Waals surface area contributed by atoms with Crippen LogP contribution in [-0.2, 0) is 0 Å². The predicted molar refractivity (Wildman–Crippen MR) is 74.4 cm³/mol. The molecule has 0 radical (unpaired) electrons. The fraction of sp³-hybridized carbons (Fsp3) is 0.500. The lowest BCUT2D eigenvalue weighted by Crippen LogP contribution is -2.38. The summed E-state index contributed by atoms with van der Waals surface area (Å²) in [6.45, 7) is 3.60. The minimum Gasteiger partial charge on any atom is -0.390 e. The molecule has 0 aliphatic carbocycles. The van der Waals surface area contributed by atoms with Gasteiger partial charge >= 0.3 is 0 Å². The van der Waals surface area contributed by atoms with Crippen LogP contribution in [0.2, 0.25) is 0 Å². The van der Waals surface area contributed by atoms with Crippen molar-refractivity contribution in [3.8, 4) is 0 Å². The molecular weight excluding hydrogens is 266 g/mol. The summed E-state index contributed by atoms with van der Waals surface area (Å²) in [4.78, 5) is 13.8. The highest BCUT2D eigenvalue weighted by Gasteiger charge is 2.28. The first-order chi connectivity index (χ1) is 9.43. The second kappa shape index (κ2) is 7.19. The molecule has 0 bridgehead atoms. The van der Waals surface area contributed by atoms with E-state index in [-0.39, 0.29) is 0 Å². The third-order valence-corrected chi connectivity index (χ3v) is 3.00. The molecule has 4 nitrogen and oxygen atoms in total. The van der Waals surface area contributed by atoms with E-state index in [0.29, 0.717) is 5.56 Å². The third kappa shape index (κ3) is 4.45. The van der Waals surface area contributed by atoms with Gasteiger partial charge in [-0.2, -0.15) is 0 Å². The van der Waals surface area contributed by atoms with Gasteiger partial charge in [0.1, 0.15) is 6.61 Å². The zero-order valence-electron chi connectivity index (χ0n) is 11.7. The van der Waals surface area contributed by atoms with Crippen LogP contribution >= 0.6 is 0 Å². The molecule has 0 fully saturated rings. The minimum absolute atomic E-state index is 0.314. The fourth-order valence-electron chi connectivity index (χ4n) is 1.78. The highest BCUT2D eigenvalue weighted by molar-refractivity contribution is 5.94. The lowest BCUT2D eigenvalue weighted by Gasteiger charge is -2.21. The predicted octanol–water partition coefficient (Wildman–Crippen LogP) is 1.89. The number of hydrogen-bond acceptors (Lipinski definition) is 3. The van der Waals surface area contributed by atoms with Gasteiger partial charge in [-0.3, -0.25) is 4.79 Å². The molecule has 0 heterocycles. The molecule has 6 heteroatoms. The summed E-state index contributed by atoms with van der Waals surface area (Å²) in [6, 6.07) is 6.76. The number of benzene rings is 1. The molecule has 0 saturated heterocycles. The lowest BCUT2D eigenvalue weighted by molar-refractivity contribution is -0.0462. The Morgan fingerprint density at radius 1 is 1.25 bits per heavy atom. The second-order valence-corrected chi connectivity index (χ2v) is 4.42. The molecule has 1 rings (SSSR count). The van der Waals surface area contributed by atoms with Crippen molar-refractivity contribution in [1.29, 1.82) is 0 Å². The molecule has 0 unspecified atom stereocenters. The molecule has 20 heavy (non-hydrogen) atoms. The number of nitrogens with one attached hydrogen (secondary N) is 1. The number of nitrogens with zero attached hydrogens (tertiary/aromatic N) is 1. The van der Waals surface area contributed by atoms with Crippen molar-refractivity contribution in [2.24, 2.45) is 0 Å². The summed E-state index contributed by atoms with van der Waals surface area (Å²) >= 11 is 0. The molecule has 1 aromatic carbocycles. The maximum atomic E-state index is 12.8. The Bertz CT molecular complexity index is 431. The minimum atomic E-state index is -3.29. The summed E-state index contributed by atoms with van der Waals surface area (Å²) in [7, 11) is 0. The first-order valence-corrected chi connectivity index (χ1v) is 6.55. The van der Waals surface area contributed by atoms with Crippen molar-refractivity contribution < 1.29 is 18.7 Å². The Kier molecular flexibility index (Phi) is 5.88. The molecule has 2 N–H and O–H groups in total. The summed E-state index contributed by atoms with van der Waals surface area (Å²) < 4.78 is 25.6. The van der Waals surface area contributed by atoms with E-state index in [1.165, 1.54) is 0 Å². The van der Waals surface area contributed by atoms with Gasteiger partial charge in [-0.1, -0.05) is 0 Å². The number of amides is 1. The van der Waals surface area contributed by atoms with E-state index in [4.69, 9.17) is 5.11 Å². The second-order valence-electron chi connectivity index (χ2n) is 4.42. The molecule has 0 spiro atoms. The topological polar surface area (TPSA) is 52.6 Å². The van der Waals surface area contributed by atoms with Gasteiger partial charge in [0, 0.05) is 24.3 Å². The Hall–Kier alpha value is -1.69. The Morgan fingerprint density at radius 2 is 1.80 bits per heavy atom. The highest BCUT2D eigenvalue weighted by atomic mass is 19.3. The van der Waals surface area contributed by atoms with E-state index < -0.39 is 25.0 Å². The average Bonchev–Trinajstić information content (AvgIpc) is 2.47. The van der Waals surface area contributed by atoms with Crippen LogP contribution in [0.15, 0.2) is 24.3 Å². The van der Waals surface area contributed by atoms with E-state index in [0.717, 1.165) is 18.8 Å². The van der Waals surface area contributed by atoms with E-state index in [9.17, 15) is 13.6 Å². The zero-order chi connectivity index (χ0) is 15.2. The average molecular weight is 286 g/mol. The number of aliphatic hydroxyl groups is 1. The van der Waals surface area contributed by atoms with Crippen LogP contribution in [0, 0.1) is 0 Å². The van der Waals surface area contributed by atoms with E-state index in [1.54, 1.807) is 24.3 Å². The van der Waals surface area contributed by atoms with Crippen molar-refractivity contribution in [2.75, 3.05) is 31.1 Å². The molecule has 0 aliphatic rings. The highest BCUT2D eigenvalue weighted by Crippen LogP contribution is 2.15. The standard InChI is InChI=1S/C14H20F2N2O2/c1-3-18(4-2)12-7-5-11(6-8-12)13(20)17-9-14(15,16)10-19/h5-8,19H,3-4,9-10H2,1-2H3,(H,17,20). The SMILES string of the molecule is CCN(CC)c1ccc(C(=O)NCC(F)(F)CO)cc1. The summed E-state index contributed by atoms with van der Waals surface area (Å²) in [5.74, 6) is -3.87. The van der Waals surface area contributed by atoms with Crippen LogP contribution < -0.4 is 10.2 Å². The van der Waals surface area contributed by atoms with Gasteiger partial charge in [0.15, 0.2) is 0 Å². The van der Waals surface area contributed by atoms with Crippen LogP contribution in [0.4, 0.5) is 14.5 Å². The number of aliphatic hydroxyl groups excluding tert-OH is 1. The third-order valence-electron chi connectivity index (χ3n) is 3.00. The van der Waals surface area contributed by atoms with Crippen molar-refractivity contribution in [1.82, 2.24) is 5.32 Å². The van der Waals surface area contributed by atoms with Crippen molar-refractivity contribution in [3.63, 3.8) is 0 Å². The Balaban J connectivity index is 2.66. The number of rotatable bonds is 7. The molecule has 0 aromatic heterocycles. The fourth-order valence-corrected chi connectivity index (χ4v) is 1.78. The number of alkyl halides is 2. The van der Waals surface area contributed by atoms with Gasteiger partial charge in [0.25, 0.3) is 11.8 Å². The molecule has 112 valence electrons. The molecule has 1 aromatic rings. The first kappa shape index (κ1) is 16.4. The summed E-state index contributed by atoms with van der Waals surface area (Å²) in [5.41, 5.74) is 1.29. The van der Waals surface area contributed by atoms with Gasteiger partial charge < -0.3 is 15.3 Å². The summed E-state index contributed by atoms with van der Waals surface area (Å²) in [6.07, 6.45) is 0. The normalized spacial score (nSPS) is 11.2. The number of halogens is 2. The molecular formula is C14H20F2N2O2. The number of carbonyl (C=O) groups excluding carboxylic acids is 1. The maximum Gasteiger partial charge on any atom is 0.287 e. The number of hydrogen-bond donors (Lipinski definition) is 2. The van der Waals surface area contributed by atoms with Gasteiger partial charge in [-0.25, -0.2) is 8.78 Å². The van der Waals surface area contributed by atoms with Gasteiger partial charge in [0.05, 0.1) is 6.54 Å². The molecule has 0 saturated carbocycles. The summed E-state index contributed by atoms with van der Waals surface area (Å²) in [5, 5.41) is 10.5. The van der Waals surface area contributed by atoms with Gasteiger partial charge in [0.2, 0.25) is 0 Å². The van der Waals surface area contributed by atoms with Crippen molar-refractivity contribution in [3.05, 3.63) is 29.8 Å². The van der Waals surface area contributed by atoms with Crippen molar-refractivity contribution in [2.45, 2.75) is 19.8 Å². The maximum absolute atomic E-state index is 12.8. The van der Waals surface area contributed by atoms with Gasteiger partial charge in [-0.15, -0.1) is 0 Å². The van der Waals surface area contributed by atoms with Gasteiger partial charge in [-0.05, 0) is 38.1 Å². The van der Waals surface area contributed by atoms with Crippen LogP contribution in [0.5, 0.6) is 0 Å². The largest absolute Gasteiger partial charge is 0.390 e. The quantitative estimate of drug-likeness (QED) is 0.805. The zero-order valence-corrected chi connectivity index (χ0v) is 11.7. The Labute approximate surface area is 117 Å². The molecule has 1 amide bonds. The van der Waals surface area contributed by atoms with Crippen LogP contribution in [0.25, 0.3) is 0 Å². The lowest BCUT2D eigenvalue weighted by atomic mass is 10.1. The first-order valence-electron chi connectivity index (χ1n) is 6.55. The van der Waals surface area contributed by atoms with Crippen LogP contribution in [-0.4, -0.2) is 43.2 Å². The smallest absolute Gasteiger partial charge is 0.287 e. The number of anilines is 1. The molecule has 0 aliphatic heterocycles. The van der Waals surface area contributed by atoms with Crippen LogP contribution in [0.1, 0.15) is 24.2 Å². The van der Waals surface area contributed by atoms with Crippen molar-refractivity contribution >= 4 is 11.6 Å².